The number of carbonyl (C=O) groups is 2. The van der Waals surface area contributed by atoms with Gasteiger partial charge in [0.25, 0.3) is 0 Å². The van der Waals surface area contributed by atoms with Gasteiger partial charge in [0.15, 0.2) is 0 Å². The van der Waals surface area contributed by atoms with Crippen LogP contribution in [0, 0.1) is 5.92 Å². The van der Waals surface area contributed by atoms with Crippen LogP contribution >= 0.6 is 0 Å². The number of nitrogens with one attached hydrogen (secondary N) is 1. The lowest BCUT2D eigenvalue weighted by atomic mass is 9.95. The minimum atomic E-state index is -0.378. The lowest BCUT2D eigenvalue weighted by molar-refractivity contribution is -0.121. The molecule has 0 saturated carbocycles. The van der Waals surface area contributed by atoms with Gasteiger partial charge in [0.2, 0.25) is 5.91 Å². The molecule has 0 spiro atoms. The Hall–Kier alpha value is -3.02. The maximum absolute atomic E-state index is 12.5. The van der Waals surface area contributed by atoms with Crippen molar-refractivity contribution in [3.63, 3.8) is 0 Å². The van der Waals surface area contributed by atoms with Gasteiger partial charge >= 0.3 is 5.97 Å². The topological polar surface area (TPSA) is 73.9 Å². The molecular weight excluding hydrogens is 334 g/mol. The van der Waals surface area contributed by atoms with Crippen LogP contribution in [0.5, 0.6) is 11.5 Å². The van der Waals surface area contributed by atoms with Gasteiger partial charge in [-0.05, 0) is 61.4 Å². The van der Waals surface area contributed by atoms with E-state index in [9.17, 15) is 9.59 Å². The number of benzene rings is 2. The van der Waals surface area contributed by atoms with Gasteiger partial charge in [0, 0.05) is 5.69 Å². The number of fused-ring (bicyclic) bond motifs is 1. The fourth-order valence-corrected chi connectivity index (χ4v) is 2.81. The molecule has 2 aromatic rings. The van der Waals surface area contributed by atoms with E-state index >= 15 is 0 Å². The molecule has 0 unspecified atom stereocenters. The average molecular weight is 355 g/mol. The van der Waals surface area contributed by atoms with E-state index in [0.29, 0.717) is 30.9 Å². The summed E-state index contributed by atoms with van der Waals surface area (Å²) in [6, 6.07) is 12.2. The first-order valence-corrected chi connectivity index (χ1v) is 8.48. The average Bonchev–Trinajstić information content (AvgIpc) is 2.67. The molecule has 26 heavy (non-hydrogen) atoms. The van der Waals surface area contributed by atoms with Gasteiger partial charge in [-0.1, -0.05) is 0 Å². The van der Waals surface area contributed by atoms with Crippen LogP contribution in [-0.2, 0) is 16.0 Å². The fourth-order valence-electron chi connectivity index (χ4n) is 2.81. The second-order valence-corrected chi connectivity index (χ2v) is 5.97. The smallest absolute Gasteiger partial charge is 0.338 e. The highest BCUT2D eigenvalue weighted by Crippen LogP contribution is 2.31. The number of anilines is 1. The van der Waals surface area contributed by atoms with Crippen LogP contribution in [-0.4, -0.2) is 32.2 Å². The van der Waals surface area contributed by atoms with Gasteiger partial charge < -0.3 is 19.5 Å². The van der Waals surface area contributed by atoms with Crippen molar-refractivity contribution in [2.45, 2.75) is 13.3 Å². The zero-order valence-corrected chi connectivity index (χ0v) is 14.8. The summed E-state index contributed by atoms with van der Waals surface area (Å²) < 4.78 is 15.9. The molecule has 0 bridgehead atoms. The Balaban J connectivity index is 1.64. The van der Waals surface area contributed by atoms with Gasteiger partial charge in [-0.15, -0.1) is 0 Å². The first kappa shape index (κ1) is 17.8. The van der Waals surface area contributed by atoms with E-state index in [2.05, 4.69) is 5.32 Å². The summed E-state index contributed by atoms with van der Waals surface area (Å²) in [6.07, 6.45) is 0.583. The molecule has 2 aromatic carbocycles. The first-order chi connectivity index (χ1) is 12.6. The number of amides is 1. The van der Waals surface area contributed by atoms with Gasteiger partial charge in [-0.25, -0.2) is 4.79 Å². The Bertz CT molecular complexity index is 800. The highest BCUT2D eigenvalue weighted by atomic mass is 16.5. The van der Waals surface area contributed by atoms with Crippen molar-refractivity contribution in [1.29, 1.82) is 0 Å². The number of rotatable bonds is 5. The van der Waals surface area contributed by atoms with Gasteiger partial charge in [0.1, 0.15) is 18.1 Å². The van der Waals surface area contributed by atoms with E-state index in [1.807, 2.05) is 18.2 Å². The lowest BCUT2D eigenvalue weighted by Crippen LogP contribution is -2.32. The fraction of sp³-hybridized carbons (Fsp3) is 0.300. The summed E-state index contributed by atoms with van der Waals surface area (Å²) in [6.45, 7) is 2.41. The van der Waals surface area contributed by atoms with Crippen molar-refractivity contribution in [3.05, 3.63) is 53.6 Å². The second kappa shape index (κ2) is 7.91. The molecule has 136 valence electrons. The van der Waals surface area contributed by atoms with Crippen LogP contribution < -0.4 is 14.8 Å². The third kappa shape index (κ3) is 3.96. The molecule has 1 heterocycles. The van der Waals surface area contributed by atoms with Gasteiger partial charge in [-0.2, -0.15) is 0 Å². The number of methoxy groups -OCH3 is 1. The number of carbonyl (C=O) groups excluding carboxylic acids is 2. The van der Waals surface area contributed by atoms with E-state index < -0.39 is 0 Å². The summed E-state index contributed by atoms with van der Waals surface area (Å²) in [7, 11) is 1.61. The van der Waals surface area contributed by atoms with Crippen molar-refractivity contribution in [2.24, 2.45) is 5.92 Å². The Kier molecular flexibility index (Phi) is 5.41. The summed E-state index contributed by atoms with van der Waals surface area (Å²) in [4.78, 5) is 24.2. The first-order valence-electron chi connectivity index (χ1n) is 8.48. The molecule has 1 aliphatic rings. The number of esters is 1. The van der Waals surface area contributed by atoms with E-state index in [1.54, 1.807) is 38.3 Å². The highest BCUT2D eigenvalue weighted by Gasteiger charge is 2.26. The second-order valence-electron chi connectivity index (χ2n) is 5.97. The van der Waals surface area contributed by atoms with Crippen molar-refractivity contribution in [2.75, 3.05) is 25.6 Å². The van der Waals surface area contributed by atoms with E-state index in [1.165, 1.54) is 0 Å². The minimum absolute atomic E-state index is 0.123. The maximum Gasteiger partial charge on any atom is 0.338 e. The van der Waals surface area contributed by atoms with Crippen LogP contribution in [0.25, 0.3) is 0 Å². The van der Waals surface area contributed by atoms with Crippen molar-refractivity contribution in [3.8, 4) is 11.5 Å². The summed E-state index contributed by atoms with van der Waals surface area (Å²) in [5, 5.41) is 2.87. The Labute approximate surface area is 152 Å². The highest BCUT2D eigenvalue weighted by molar-refractivity contribution is 5.94. The molecule has 6 nitrogen and oxygen atoms in total. The largest absolute Gasteiger partial charge is 0.497 e. The summed E-state index contributed by atoms with van der Waals surface area (Å²) in [5.41, 5.74) is 2.03. The summed E-state index contributed by atoms with van der Waals surface area (Å²) in [5.74, 6) is 0.731. The number of hydrogen-bond acceptors (Lipinski definition) is 5. The van der Waals surface area contributed by atoms with Crippen LogP contribution in [0.3, 0.4) is 0 Å². The molecule has 1 aliphatic heterocycles. The van der Waals surface area contributed by atoms with Crippen molar-refractivity contribution < 1.29 is 23.8 Å². The molecule has 6 heteroatoms. The zero-order valence-electron chi connectivity index (χ0n) is 14.8. The SMILES string of the molecule is CCOC(=O)c1ccc(NC(=O)[C@H]2COc3ccc(OC)cc3C2)cc1. The minimum Gasteiger partial charge on any atom is -0.497 e. The van der Waals surface area contributed by atoms with E-state index in [4.69, 9.17) is 14.2 Å². The number of ether oxygens (including phenoxy) is 3. The van der Waals surface area contributed by atoms with Crippen molar-refractivity contribution >= 4 is 17.6 Å². The molecule has 0 radical (unpaired) electrons. The van der Waals surface area contributed by atoms with Crippen LogP contribution in [0.4, 0.5) is 5.69 Å². The van der Waals surface area contributed by atoms with Crippen molar-refractivity contribution in [1.82, 2.24) is 0 Å². The Morgan fingerprint density at radius 3 is 2.65 bits per heavy atom. The monoisotopic (exact) mass is 355 g/mol. The lowest BCUT2D eigenvalue weighted by Gasteiger charge is -2.25. The van der Waals surface area contributed by atoms with Crippen LogP contribution in [0.2, 0.25) is 0 Å². The predicted octanol–water partition coefficient (Wildman–Crippen LogP) is 3.06. The van der Waals surface area contributed by atoms with E-state index in [0.717, 1.165) is 17.1 Å². The quantitative estimate of drug-likeness (QED) is 0.835. The Morgan fingerprint density at radius 1 is 1.19 bits per heavy atom. The third-order valence-corrected chi connectivity index (χ3v) is 4.21. The third-order valence-electron chi connectivity index (χ3n) is 4.21. The molecular formula is C20H21NO5. The normalized spacial score (nSPS) is 15.4. The molecule has 1 atom stereocenters. The molecule has 0 saturated heterocycles. The standard InChI is InChI=1S/C20H21NO5/c1-3-25-20(23)13-4-6-16(7-5-13)21-19(22)15-10-14-11-17(24-2)8-9-18(14)26-12-15/h4-9,11,15H,3,10,12H2,1-2H3,(H,21,22)/t15-/m1/s1. The molecule has 3 rings (SSSR count). The van der Waals surface area contributed by atoms with E-state index in [-0.39, 0.29) is 17.8 Å². The predicted molar refractivity (Wildman–Crippen MR) is 96.7 cm³/mol. The number of hydrogen-bond donors (Lipinski definition) is 1. The summed E-state index contributed by atoms with van der Waals surface area (Å²) >= 11 is 0. The molecule has 0 fully saturated rings. The molecule has 0 aromatic heterocycles. The maximum atomic E-state index is 12.5. The van der Waals surface area contributed by atoms with Gasteiger partial charge in [-0.3, -0.25) is 4.79 Å². The Morgan fingerprint density at radius 2 is 1.96 bits per heavy atom. The molecule has 1 amide bonds. The van der Waals surface area contributed by atoms with Gasteiger partial charge in [0.05, 0.1) is 25.2 Å². The zero-order chi connectivity index (χ0) is 18.5. The molecule has 0 aliphatic carbocycles. The van der Waals surface area contributed by atoms with Crippen LogP contribution in [0.1, 0.15) is 22.8 Å². The molecule has 1 N–H and O–H groups in total. The van der Waals surface area contributed by atoms with Crippen LogP contribution in [0.15, 0.2) is 42.5 Å².